The van der Waals surface area contributed by atoms with Gasteiger partial charge in [-0.05, 0) is 48.3 Å². The van der Waals surface area contributed by atoms with Crippen LogP contribution in [0.2, 0.25) is 0 Å². The van der Waals surface area contributed by atoms with Crippen molar-refractivity contribution in [1.29, 1.82) is 0 Å². The van der Waals surface area contributed by atoms with E-state index in [0.717, 1.165) is 34.5 Å². The fourth-order valence-corrected chi connectivity index (χ4v) is 4.85. The van der Waals surface area contributed by atoms with E-state index in [2.05, 4.69) is 12.2 Å². The van der Waals surface area contributed by atoms with Crippen LogP contribution in [0.4, 0.5) is 5.69 Å². The zero-order valence-electron chi connectivity index (χ0n) is 16.3. The van der Waals surface area contributed by atoms with Gasteiger partial charge < -0.3 is 24.8 Å². The number of carbonyl (C=O) groups excluding carboxylic acids is 1. The quantitative estimate of drug-likeness (QED) is 0.535. The van der Waals surface area contributed by atoms with Crippen LogP contribution >= 0.6 is 0 Å². The number of fused-ring (bicyclic) bond motifs is 5. The molecule has 3 aliphatic heterocycles. The molecule has 5 rings (SSSR count). The van der Waals surface area contributed by atoms with Gasteiger partial charge in [0.15, 0.2) is 5.60 Å². The van der Waals surface area contributed by atoms with Gasteiger partial charge in [-0.3, -0.25) is 4.79 Å². The van der Waals surface area contributed by atoms with Crippen LogP contribution in [0, 0.1) is 0 Å². The van der Waals surface area contributed by atoms with E-state index < -0.39 is 11.6 Å². The van der Waals surface area contributed by atoms with Gasteiger partial charge in [-0.15, -0.1) is 0 Å². The van der Waals surface area contributed by atoms with Gasteiger partial charge in [-0.2, -0.15) is 0 Å². The first kappa shape index (κ1) is 18.0. The topological polar surface area (TPSA) is 101 Å². The van der Waals surface area contributed by atoms with Crippen molar-refractivity contribution in [3.8, 4) is 5.75 Å². The number of ether oxygens (including phenoxy) is 1. The molecular weight excluding hydrogens is 372 g/mol. The van der Waals surface area contributed by atoms with E-state index in [1.54, 1.807) is 29.7 Å². The fourth-order valence-electron chi connectivity index (χ4n) is 4.85. The lowest BCUT2D eigenvalue weighted by molar-refractivity contribution is -0.172. The van der Waals surface area contributed by atoms with E-state index >= 15 is 0 Å². The summed E-state index contributed by atoms with van der Waals surface area (Å²) in [5.74, 6) is -0.514. The van der Waals surface area contributed by atoms with Gasteiger partial charge in [0.1, 0.15) is 12.4 Å². The second kappa shape index (κ2) is 5.97. The van der Waals surface area contributed by atoms with Crippen LogP contribution in [0.5, 0.6) is 5.75 Å². The van der Waals surface area contributed by atoms with Gasteiger partial charge in [0.2, 0.25) is 0 Å². The highest BCUT2D eigenvalue weighted by atomic mass is 16.6. The number of aromatic nitrogens is 1. The minimum absolute atomic E-state index is 0.124. The fraction of sp³-hybridized carbons (Fsp3) is 0.364. The molecule has 0 bridgehead atoms. The second-order valence-electron chi connectivity index (χ2n) is 7.81. The Morgan fingerprint density at radius 3 is 2.79 bits per heavy atom. The number of esters is 1. The molecule has 4 heterocycles. The first-order valence-electron chi connectivity index (χ1n) is 9.87. The number of hydrogen-bond acceptors (Lipinski definition) is 6. The molecule has 150 valence electrons. The van der Waals surface area contributed by atoms with Crippen molar-refractivity contribution in [2.45, 2.75) is 51.5 Å². The van der Waals surface area contributed by atoms with Gasteiger partial charge >= 0.3 is 5.97 Å². The maximum Gasteiger partial charge on any atom is 0.343 e. The number of benzene rings is 1. The van der Waals surface area contributed by atoms with E-state index in [4.69, 9.17) is 4.74 Å². The summed E-state index contributed by atoms with van der Waals surface area (Å²) in [6, 6.07) is 6.76. The number of hydrogen-bond donors (Lipinski definition) is 3. The molecule has 29 heavy (non-hydrogen) atoms. The van der Waals surface area contributed by atoms with Crippen LogP contribution in [-0.2, 0) is 28.3 Å². The Hall–Kier alpha value is -3.06. The number of nitrogens with zero attached hydrogens (tertiary/aromatic N) is 1. The van der Waals surface area contributed by atoms with Crippen LogP contribution in [0.25, 0.3) is 5.57 Å². The van der Waals surface area contributed by atoms with E-state index in [1.807, 2.05) is 6.07 Å². The number of carbonyl (C=O) groups is 1. The molecule has 3 N–H and O–H groups in total. The highest BCUT2D eigenvalue weighted by molar-refractivity contribution is 5.85. The summed E-state index contributed by atoms with van der Waals surface area (Å²) in [4.78, 5) is 25.5. The molecule has 1 aromatic heterocycles. The molecule has 1 aromatic carbocycles. The molecule has 0 radical (unpaired) electrons. The molecule has 0 spiro atoms. The third-order valence-corrected chi connectivity index (χ3v) is 6.42. The summed E-state index contributed by atoms with van der Waals surface area (Å²) in [6.07, 6.45) is 0.887. The second-order valence-corrected chi connectivity index (χ2v) is 7.81. The van der Waals surface area contributed by atoms with Crippen molar-refractivity contribution in [2.75, 3.05) is 5.32 Å². The third-order valence-electron chi connectivity index (χ3n) is 6.42. The molecule has 7 heteroatoms. The molecule has 0 fully saturated rings. The smallest absolute Gasteiger partial charge is 0.343 e. The number of allylic oxidation sites excluding steroid dienone is 1. The van der Waals surface area contributed by atoms with Gasteiger partial charge in [0, 0.05) is 29.1 Å². The van der Waals surface area contributed by atoms with Crippen molar-refractivity contribution in [2.24, 2.45) is 0 Å². The predicted octanol–water partition coefficient (Wildman–Crippen LogP) is 2.55. The number of cyclic esters (lactones) is 1. The van der Waals surface area contributed by atoms with Gasteiger partial charge in [0.25, 0.3) is 5.56 Å². The largest absolute Gasteiger partial charge is 0.508 e. The number of nitrogens with one attached hydrogen (secondary N) is 1. The van der Waals surface area contributed by atoms with Crippen molar-refractivity contribution >= 4 is 17.2 Å². The summed E-state index contributed by atoms with van der Waals surface area (Å²) in [7, 11) is 0. The van der Waals surface area contributed by atoms with E-state index in [-0.39, 0.29) is 30.4 Å². The first-order chi connectivity index (χ1) is 13.9. The summed E-state index contributed by atoms with van der Waals surface area (Å²) in [5, 5.41) is 24.4. The van der Waals surface area contributed by atoms with E-state index in [9.17, 15) is 19.8 Å². The number of aromatic hydroxyl groups is 1. The van der Waals surface area contributed by atoms with Crippen molar-refractivity contribution in [3.63, 3.8) is 0 Å². The summed E-state index contributed by atoms with van der Waals surface area (Å²) in [6.45, 7) is 4.05. The van der Waals surface area contributed by atoms with Crippen molar-refractivity contribution in [1.82, 2.24) is 4.57 Å². The van der Waals surface area contributed by atoms with Crippen LogP contribution in [0.15, 0.2) is 34.6 Å². The minimum atomic E-state index is -1.80. The molecule has 2 unspecified atom stereocenters. The zero-order valence-corrected chi connectivity index (χ0v) is 16.3. The van der Waals surface area contributed by atoms with E-state index in [0.29, 0.717) is 17.7 Å². The number of phenolic OH excluding ortho intramolecular Hbond substituents is 1. The molecule has 7 nitrogen and oxygen atoms in total. The molecular formula is C22H22N2O5. The summed E-state index contributed by atoms with van der Waals surface area (Å²) < 4.78 is 6.82. The Morgan fingerprint density at radius 1 is 1.28 bits per heavy atom. The Bertz CT molecular complexity index is 1160. The molecule has 0 amide bonds. The highest BCUT2D eigenvalue weighted by Gasteiger charge is 2.46. The van der Waals surface area contributed by atoms with E-state index in [1.165, 1.54) is 0 Å². The average molecular weight is 394 g/mol. The Kier molecular flexibility index (Phi) is 3.70. The Labute approximate surface area is 167 Å². The Balaban J connectivity index is 1.74. The number of phenols is 1. The summed E-state index contributed by atoms with van der Waals surface area (Å²) >= 11 is 0. The van der Waals surface area contributed by atoms with Gasteiger partial charge in [-0.1, -0.05) is 13.8 Å². The van der Waals surface area contributed by atoms with Crippen LogP contribution in [0.1, 0.15) is 55.1 Å². The van der Waals surface area contributed by atoms with Gasteiger partial charge in [-0.25, -0.2) is 4.79 Å². The normalized spacial score (nSPS) is 24.2. The number of rotatable bonds is 2. The zero-order chi connectivity index (χ0) is 20.5. The third kappa shape index (κ3) is 2.28. The molecule has 2 aromatic rings. The molecule has 0 saturated carbocycles. The SMILES string of the molecule is CCC1=C2Cn3c(cc4c(c3=O)COC(=O)C4(O)CC)C2Nc2ccc(O)cc21. The van der Waals surface area contributed by atoms with Gasteiger partial charge in [0.05, 0.1) is 11.6 Å². The predicted molar refractivity (Wildman–Crippen MR) is 106 cm³/mol. The lowest BCUT2D eigenvalue weighted by atomic mass is 9.84. The first-order valence-corrected chi connectivity index (χ1v) is 9.87. The average Bonchev–Trinajstić information content (AvgIpc) is 3.08. The Morgan fingerprint density at radius 2 is 2.07 bits per heavy atom. The van der Waals surface area contributed by atoms with Crippen LogP contribution in [0.3, 0.4) is 0 Å². The van der Waals surface area contributed by atoms with Crippen molar-refractivity contribution < 1.29 is 19.7 Å². The maximum atomic E-state index is 13.3. The van der Waals surface area contributed by atoms with Crippen LogP contribution < -0.4 is 10.9 Å². The monoisotopic (exact) mass is 394 g/mol. The number of anilines is 1. The highest BCUT2D eigenvalue weighted by Crippen LogP contribution is 2.47. The van der Waals surface area contributed by atoms with Crippen molar-refractivity contribution in [3.05, 3.63) is 62.6 Å². The lowest BCUT2D eigenvalue weighted by Crippen LogP contribution is -2.44. The number of pyridine rings is 1. The molecule has 0 saturated heterocycles. The minimum Gasteiger partial charge on any atom is -0.508 e. The van der Waals surface area contributed by atoms with Crippen LogP contribution in [-0.4, -0.2) is 20.7 Å². The summed E-state index contributed by atoms with van der Waals surface area (Å²) in [5.41, 5.74) is 3.37. The molecule has 2 atom stereocenters. The number of aliphatic hydroxyl groups is 1. The lowest BCUT2D eigenvalue weighted by Gasteiger charge is -2.32. The standard InChI is InChI=1S/C22H22N2O5/c1-3-12-13-7-11(25)5-6-17(13)23-19-14(12)9-24-18(19)8-16-15(20(24)26)10-29-21(27)22(16,28)4-2/h5-8,19,23,25,28H,3-4,9-10H2,1-2H3. The maximum absolute atomic E-state index is 13.3. The molecule has 0 aliphatic carbocycles. The molecule has 3 aliphatic rings.